The molecule has 0 atom stereocenters. The van der Waals surface area contributed by atoms with E-state index >= 15 is 0 Å². The molecule has 2 aromatic rings. The van der Waals surface area contributed by atoms with E-state index in [1.54, 1.807) is 6.33 Å². The SMILES string of the molecule is CSC1(CNc2ncnc3ccccc23)CCC1. The van der Waals surface area contributed by atoms with E-state index in [1.165, 1.54) is 19.3 Å². The maximum absolute atomic E-state index is 4.37. The molecule has 1 fully saturated rings. The van der Waals surface area contributed by atoms with Gasteiger partial charge in [-0.1, -0.05) is 18.6 Å². The van der Waals surface area contributed by atoms with Gasteiger partial charge in [0, 0.05) is 16.7 Å². The monoisotopic (exact) mass is 259 g/mol. The highest BCUT2D eigenvalue weighted by atomic mass is 32.2. The fourth-order valence-corrected chi connectivity index (χ4v) is 3.33. The van der Waals surface area contributed by atoms with Crippen LogP contribution >= 0.6 is 11.8 Å². The second-order valence-corrected chi connectivity index (χ2v) is 6.11. The molecular formula is C14H17N3S. The first-order valence-electron chi connectivity index (χ1n) is 6.32. The van der Waals surface area contributed by atoms with Crippen molar-refractivity contribution >= 4 is 28.5 Å². The maximum Gasteiger partial charge on any atom is 0.137 e. The van der Waals surface area contributed by atoms with Gasteiger partial charge in [-0.15, -0.1) is 0 Å². The van der Waals surface area contributed by atoms with Gasteiger partial charge in [0.05, 0.1) is 5.52 Å². The molecule has 18 heavy (non-hydrogen) atoms. The van der Waals surface area contributed by atoms with Gasteiger partial charge >= 0.3 is 0 Å². The van der Waals surface area contributed by atoms with Crippen molar-refractivity contribution in [3.05, 3.63) is 30.6 Å². The third-order valence-corrected chi connectivity index (χ3v) is 5.24. The zero-order valence-electron chi connectivity index (χ0n) is 10.5. The van der Waals surface area contributed by atoms with Crippen molar-refractivity contribution < 1.29 is 0 Å². The van der Waals surface area contributed by atoms with Gasteiger partial charge in [-0.3, -0.25) is 0 Å². The molecule has 3 nitrogen and oxygen atoms in total. The summed E-state index contributed by atoms with van der Waals surface area (Å²) in [6.45, 7) is 0.995. The molecule has 0 spiro atoms. The lowest BCUT2D eigenvalue weighted by molar-refractivity contribution is 0.379. The largest absolute Gasteiger partial charge is 0.368 e. The quantitative estimate of drug-likeness (QED) is 0.914. The van der Waals surface area contributed by atoms with Gasteiger partial charge in [0.25, 0.3) is 0 Å². The summed E-state index contributed by atoms with van der Waals surface area (Å²) in [5, 5.41) is 4.62. The Labute approximate surface area is 111 Å². The Kier molecular flexibility index (Phi) is 3.12. The smallest absolute Gasteiger partial charge is 0.137 e. The minimum absolute atomic E-state index is 0.423. The molecule has 4 heteroatoms. The van der Waals surface area contributed by atoms with E-state index in [-0.39, 0.29) is 0 Å². The predicted octanol–water partition coefficient (Wildman–Crippen LogP) is 3.33. The average Bonchev–Trinajstić information content (AvgIpc) is 2.38. The van der Waals surface area contributed by atoms with Gasteiger partial charge in [-0.25, -0.2) is 9.97 Å². The van der Waals surface area contributed by atoms with Crippen LogP contribution in [0.5, 0.6) is 0 Å². The van der Waals surface area contributed by atoms with Crippen molar-refractivity contribution in [1.82, 2.24) is 9.97 Å². The van der Waals surface area contributed by atoms with Crippen LogP contribution in [-0.2, 0) is 0 Å². The highest BCUT2D eigenvalue weighted by Crippen LogP contribution is 2.42. The van der Waals surface area contributed by atoms with E-state index in [1.807, 2.05) is 30.0 Å². The summed E-state index contributed by atoms with van der Waals surface area (Å²) in [6, 6.07) is 8.14. The van der Waals surface area contributed by atoms with Crippen LogP contribution in [0.25, 0.3) is 10.9 Å². The van der Waals surface area contributed by atoms with Crippen molar-refractivity contribution in [3.8, 4) is 0 Å². The molecule has 0 radical (unpaired) electrons. The molecule has 0 aliphatic heterocycles. The summed E-state index contributed by atoms with van der Waals surface area (Å²) in [6.07, 6.45) is 7.82. The van der Waals surface area contributed by atoms with Gasteiger partial charge in [-0.2, -0.15) is 11.8 Å². The van der Waals surface area contributed by atoms with E-state index in [9.17, 15) is 0 Å². The molecule has 1 heterocycles. The van der Waals surface area contributed by atoms with Crippen molar-refractivity contribution in [1.29, 1.82) is 0 Å². The molecule has 1 N–H and O–H groups in total. The fraction of sp³-hybridized carbons (Fsp3) is 0.429. The Bertz CT molecular complexity index is 541. The number of nitrogens with one attached hydrogen (secondary N) is 1. The average molecular weight is 259 g/mol. The summed E-state index contributed by atoms with van der Waals surface area (Å²) in [5.41, 5.74) is 1.00. The van der Waals surface area contributed by atoms with Crippen LogP contribution in [0.15, 0.2) is 30.6 Å². The molecule has 94 valence electrons. The molecule has 1 aromatic heterocycles. The van der Waals surface area contributed by atoms with Gasteiger partial charge in [-0.05, 0) is 31.2 Å². The molecule has 3 rings (SSSR count). The Morgan fingerprint density at radius 2 is 2.11 bits per heavy atom. The standard InChI is InChI=1S/C14H17N3S/c1-18-14(7-4-8-14)9-15-13-11-5-2-3-6-12(11)16-10-17-13/h2-3,5-6,10H,4,7-9H2,1H3,(H,15,16,17). The molecule has 0 unspecified atom stereocenters. The van der Waals surface area contributed by atoms with Crippen LogP contribution in [0.2, 0.25) is 0 Å². The molecular weight excluding hydrogens is 242 g/mol. The minimum atomic E-state index is 0.423. The molecule has 0 saturated heterocycles. The van der Waals surface area contributed by atoms with E-state index in [4.69, 9.17) is 0 Å². The highest BCUT2D eigenvalue weighted by Gasteiger charge is 2.35. The number of aromatic nitrogens is 2. The van der Waals surface area contributed by atoms with E-state index in [0.29, 0.717) is 4.75 Å². The zero-order chi connectivity index (χ0) is 12.4. The number of rotatable bonds is 4. The number of anilines is 1. The topological polar surface area (TPSA) is 37.8 Å². The van der Waals surface area contributed by atoms with E-state index in [2.05, 4.69) is 27.6 Å². The number of thioether (sulfide) groups is 1. The third-order valence-electron chi connectivity index (χ3n) is 3.82. The number of hydrogen-bond acceptors (Lipinski definition) is 4. The number of benzene rings is 1. The summed E-state index contributed by atoms with van der Waals surface area (Å²) in [7, 11) is 0. The zero-order valence-corrected chi connectivity index (χ0v) is 11.3. The normalized spacial score (nSPS) is 17.4. The van der Waals surface area contributed by atoms with Crippen LogP contribution in [-0.4, -0.2) is 27.5 Å². The second-order valence-electron chi connectivity index (χ2n) is 4.83. The Hall–Kier alpha value is -1.29. The van der Waals surface area contributed by atoms with Crippen LogP contribution < -0.4 is 5.32 Å². The van der Waals surface area contributed by atoms with E-state index in [0.717, 1.165) is 23.3 Å². The lowest BCUT2D eigenvalue weighted by Crippen LogP contribution is -2.40. The number of nitrogens with zero attached hydrogens (tertiary/aromatic N) is 2. The lowest BCUT2D eigenvalue weighted by Gasteiger charge is -2.40. The fourth-order valence-electron chi connectivity index (χ4n) is 2.41. The van der Waals surface area contributed by atoms with Gasteiger partial charge < -0.3 is 5.32 Å². The number of hydrogen-bond donors (Lipinski definition) is 1. The molecule has 1 aliphatic carbocycles. The Balaban J connectivity index is 1.82. The van der Waals surface area contributed by atoms with Crippen LogP contribution in [0.3, 0.4) is 0 Å². The van der Waals surface area contributed by atoms with Crippen LogP contribution in [0, 0.1) is 0 Å². The minimum Gasteiger partial charge on any atom is -0.368 e. The van der Waals surface area contributed by atoms with Crippen LogP contribution in [0.4, 0.5) is 5.82 Å². The highest BCUT2D eigenvalue weighted by molar-refractivity contribution is 8.00. The Morgan fingerprint density at radius 3 is 2.83 bits per heavy atom. The summed E-state index contributed by atoms with van der Waals surface area (Å²) in [4.78, 5) is 8.66. The maximum atomic E-state index is 4.37. The van der Waals surface area contributed by atoms with Crippen molar-refractivity contribution in [2.45, 2.75) is 24.0 Å². The Morgan fingerprint density at radius 1 is 1.28 bits per heavy atom. The lowest BCUT2D eigenvalue weighted by atomic mass is 9.84. The number of fused-ring (bicyclic) bond motifs is 1. The first-order valence-corrected chi connectivity index (χ1v) is 7.54. The van der Waals surface area contributed by atoms with Crippen molar-refractivity contribution in [3.63, 3.8) is 0 Å². The summed E-state index contributed by atoms with van der Waals surface area (Å²) < 4.78 is 0.423. The molecule has 1 aliphatic rings. The predicted molar refractivity (Wildman–Crippen MR) is 78.1 cm³/mol. The van der Waals surface area contributed by atoms with Gasteiger partial charge in [0.1, 0.15) is 12.1 Å². The summed E-state index contributed by atoms with van der Waals surface area (Å²) >= 11 is 1.98. The van der Waals surface area contributed by atoms with Crippen molar-refractivity contribution in [2.24, 2.45) is 0 Å². The van der Waals surface area contributed by atoms with Gasteiger partial charge in [0.2, 0.25) is 0 Å². The molecule has 0 amide bonds. The molecule has 1 saturated carbocycles. The molecule has 0 bridgehead atoms. The first kappa shape index (κ1) is 11.8. The third kappa shape index (κ3) is 2.05. The molecule has 1 aromatic carbocycles. The second kappa shape index (κ2) is 4.76. The number of para-hydroxylation sites is 1. The summed E-state index contributed by atoms with van der Waals surface area (Å²) in [5.74, 6) is 0.959. The first-order chi connectivity index (χ1) is 8.83. The van der Waals surface area contributed by atoms with Crippen LogP contribution in [0.1, 0.15) is 19.3 Å². The van der Waals surface area contributed by atoms with Gasteiger partial charge in [0.15, 0.2) is 0 Å². The van der Waals surface area contributed by atoms with Crippen molar-refractivity contribution in [2.75, 3.05) is 18.1 Å². The van der Waals surface area contributed by atoms with E-state index < -0.39 is 0 Å².